The maximum Gasteiger partial charge on any atom is 0.216 e. The minimum Gasteiger partial charge on any atom is -0.357 e. The van der Waals surface area contributed by atoms with Gasteiger partial charge in [0.15, 0.2) is 0 Å². The average molecular weight is 405 g/mol. The van der Waals surface area contributed by atoms with Crippen molar-refractivity contribution in [3.63, 3.8) is 0 Å². The Kier molecular flexibility index (Phi) is 5.16. The Morgan fingerprint density at radius 2 is 1.79 bits per heavy atom. The smallest absolute Gasteiger partial charge is 0.216 e. The number of sulfonamides is 1. The molecule has 3 heterocycles. The Morgan fingerprint density at radius 1 is 1.11 bits per heavy atom. The Morgan fingerprint density at radius 3 is 2.43 bits per heavy atom. The van der Waals surface area contributed by atoms with Crippen LogP contribution in [0.4, 0.5) is 5.82 Å². The Hall–Kier alpha value is -1.60. The first-order chi connectivity index (χ1) is 13.2. The number of aromatic amines is 1. The summed E-state index contributed by atoms with van der Waals surface area (Å²) in [5.74, 6) is 1.52. The Bertz CT molecular complexity index is 931. The molecule has 154 valence electrons. The van der Waals surface area contributed by atoms with E-state index in [-0.39, 0.29) is 6.04 Å². The maximum atomic E-state index is 12.4. The first-order valence-electron chi connectivity index (χ1n) is 10.5. The van der Waals surface area contributed by atoms with E-state index in [1.165, 1.54) is 18.5 Å². The molecule has 2 fully saturated rings. The maximum absolute atomic E-state index is 12.4. The third kappa shape index (κ3) is 3.92. The summed E-state index contributed by atoms with van der Waals surface area (Å²) in [6, 6.07) is 6.50. The lowest BCUT2D eigenvalue weighted by molar-refractivity contribution is 0.368. The molecule has 1 aliphatic heterocycles. The number of fused-ring (bicyclic) bond motifs is 1. The van der Waals surface area contributed by atoms with Gasteiger partial charge in [0, 0.05) is 24.8 Å². The quantitative estimate of drug-likeness (QED) is 0.810. The molecule has 0 radical (unpaired) electrons. The molecule has 7 heteroatoms. The van der Waals surface area contributed by atoms with E-state index in [0.717, 1.165) is 55.6 Å². The summed E-state index contributed by atoms with van der Waals surface area (Å²) in [5.41, 5.74) is 3.36. The lowest BCUT2D eigenvalue weighted by Gasteiger charge is -2.31. The molecule has 6 nitrogen and oxygen atoms in total. The van der Waals surface area contributed by atoms with E-state index in [2.05, 4.69) is 32.8 Å². The second-order valence-electron chi connectivity index (χ2n) is 9.30. The molecule has 2 N–H and O–H groups in total. The number of hydrogen-bond donors (Lipinski definition) is 2. The van der Waals surface area contributed by atoms with Gasteiger partial charge in [-0.1, -0.05) is 0 Å². The van der Waals surface area contributed by atoms with Crippen molar-refractivity contribution in [2.24, 2.45) is 0 Å². The van der Waals surface area contributed by atoms with Crippen LogP contribution >= 0.6 is 0 Å². The normalized spacial score (nSPS) is 24.2. The molecular formula is C21H32N4O2S. The van der Waals surface area contributed by atoms with Crippen molar-refractivity contribution >= 4 is 26.9 Å². The van der Waals surface area contributed by atoms with Gasteiger partial charge in [-0.15, -0.1) is 0 Å². The summed E-state index contributed by atoms with van der Waals surface area (Å²) in [5, 5.41) is 0. The SMILES string of the molecule is CC(C)(C)S(=O)(=O)NC1CCC(c2cc3nc(N4CCCC4)ccc3[nH]2)CC1. The fourth-order valence-electron chi connectivity index (χ4n) is 4.28. The van der Waals surface area contributed by atoms with Crippen molar-refractivity contribution in [3.8, 4) is 0 Å². The summed E-state index contributed by atoms with van der Waals surface area (Å²) >= 11 is 0. The van der Waals surface area contributed by atoms with Gasteiger partial charge >= 0.3 is 0 Å². The number of nitrogens with zero attached hydrogens (tertiary/aromatic N) is 2. The fourth-order valence-corrected chi connectivity index (χ4v) is 5.31. The number of nitrogens with one attached hydrogen (secondary N) is 2. The van der Waals surface area contributed by atoms with Crippen molar-refractivity contribution in [1.82, 2.24) is 14.7 Å². The summed E-state index contributed by atoms with van der Waals surface area (Å²) in [6.07, 6.45) is 6.23. The molecular weight excluding hydrogens is 372 g/mol. The molecule has 2 aliphatic rings. The number of hydrogen-bond acceptors (Lipinski definition) is 4. The minimum atomic E-state index is -3.29. The lowest BCUT2D eigenvalue weighted by Crippen LogP contribution is -2.45. The van der Waals surface area contributed by atoms with E-state index < -0.39 is 14.8 Å². The molecule has 1 saturated heterocycles. The number of anilines is 1. The largest absolute Gasteiger partial charge is 0.357 e. The summed E-state index contributed by atoms with van der Waals surface area (Å²) in [6.45, 7) is 7.44. The van der Waals surface area contributed by atoms with Gasteiger partial charge in [-0.2, -0.15) is 0 Å². The molecule has 1 saturated carbocycles. The first-order valence-corrected chi connectivity index (χ1v) is 12.0. The van der Waals surface area contributed by atoms with E-state index in [0.29, 0.717) is 5.92 Å². The lowest BCUT2D eigenvalue weighted by atomic mass is 9.84. The monoisotopic (exact) mass is 404 g/mol. The van der Waals surface area contributed by atoms with Crippen molar-refractivity contribution in [2.45, 2.75) is 76.0 Å². The second kappa shape index (κ2) is 7.34. The van der Waals surface area contributed by atoms with E-state index in [1.54, 1.807) is 20.8 Å². The molecule has 1 aliphatic carbocycles. The third-order valence-electron chi connectivity index (χ3n) is 6.21. The van der Waals surface area contributed by atoms with Crippen LogP contribution in [-0.4, -0.2) is 42.3 Å². The zero-order valence-corrected chi connectivity index (χ0v) is 18.0. The van der Waals surface area contributed by atoms with Crippen LogP contribution in [0.25, 0.3) is 11.0 Å². The van der Waals surface area contributed by atoms with Crippen LogP contribution in [0.1, 0.15) is 70.9 Å². The van der Waals surface area contributed by atoms with Crippen LogP contribution in [-0.2, 0) is 10.0 Å². The van der Waals surface area contributed by atoms with Gasteiger partial charge in [-0.05, 0) is 83.4 Å². The van der Waals surface area contributed by atoms with E-state index in [4.69, 9.17) is 4.98 Å². The van der Waals surface area contributed by atoms with Gasteiger partial charge in [0.25, 0.3) is 0 Å². The van der Waals surface area contributed by atoms with E-state index in [1.807, 2.05) is 0 Å². The van der Waals surface area contributed by atoms with Crippen LogP contribution < -0.4 is 9.62 Å². The number of aromatic nitrogens is 2. The van der Waals surface area contributed by atoms with Crippen LogP contribution in [0, 0.1) is 0 Å². The van der Waals surface area contributed by atoms with Gasteiger partial charge in [-0.25, -0.2) is 18.1 Å². The molecule has 0 aromatic carbocycles. The Balaban J connectivity index is 1.42. The highest BCUT2D eigenvalue weighted by molar-refractivity contribution is 7.90. The zero-order chi connectivity index (χ0) is 19.9. The summed E-state index contributed by atoms with van der Waals surface area (Å²) < 4.78 is 27.0. The molecule has 2 aromatic heterocycles. The van der Waals surface area contributed by atoms with Crippen molar-refractivity contribution in [1.29, 1.82) is 0 Å². The van der Waals surface area contributed by atoms with E-state index in [9.17, 15) is 8.42 Å². The van der Waals surface area contributed by atoms with Crippen LogP contribution in [0.2, 0.25) is 0 Å². The number of H-pyrrole nitrogens is 1. The number of rotatable bonds is 4. The predicted molar refractivity (Wildman–Crippen MR) is 114 cm³/mol. The number of pyridine rings is 1. The van der Waals surface area contributed by atoms with Crippen molar-refractivity contribution in [2.75, 3.05) is 18.0 Å². The standard InChI is InChI=1S/C21H32N4O2S/c1-21(2,3)28(26,27)24-16-8-6-15(7-9-16)18-14-19-17(22-18)10-11-20(23-19)25-12-4-5-13-25/h10-11,14-16,22,24H,4-9,12-13H2,1-3H3. The molecule has 4 rings (SSSR count). The van der Waals surface area contributed by atoms with Crippen LogP contribution in [0.3, 0.4) is 0 Å². The minimum absolute atomic E-state index is 0.0461. The molecule has 0 spiro atoms. The van der Waals surface area contributed by atoms with Gasteiger partial charge in [0.1, 0.15) is 5.82 Å². The topological polar surface area (TPSA) is 78.1 Å². The second-order valence-corrected chi connectivity index (χ2v) is 11.8. The predicted octanol–water partition coefficient (Wildman–Crippen LogP) is 3.91. The van der Waals surface area contributed by atoms with Crippen molar-refractivity contribution in [3.05, 3.63) is 23.9 Å². The fraction of sp³-hybridized carbons (Fsp3) is 0.667. The zero-order valence-electron chi connectivity index (χ0n) is 17.2. The Labute approximate surface area is 168 Å². The molecule has 28 heavy (non-hydrogen) atoms. The third-order valence-corrected chi connectivity index (χ3v) is 8.46. The highest BCUT2D eigenvalue weighted by Gasteiger charge is 2.33. The van der Waals surface area contributed by atoms with Crippen molar-refractivity contribution < 1.29 is 8.42 Å². The highest BCUT2D eigenvalue weighted by Crippen LogP contribution is 2.35. The highest BCUT2D eigenvalue weighted by atomic mass is 32.2. The molecule has 2 aromatic rings. The van der Waals surface area contributed by atoms with Crippen LogP contribution in [0.15, 0.2) is 18.2 Å². The summed E-state index contributed by atoms with van der Waals surface area (Å²) in [4.78, 5) is 10.8. The molecule has 0 bridgehead atoms. The molecule has 0 atom stereocenters. The molecule has 0 amide bonds. The van der Waals surface area contributed by atoms with Gasteiger partial charge in [-0.3, -0.25) is 0 Å². The van der Waals surface area contributed by atoms with E-state index >= 15 is 0 Å². The van der Waals surface area contributed by atoms with Gasteiger partial charge in [0.2, 0.25) is 10.0 Å². The summed E-state index contributed by atoms with van der Waals surface area (Å²) in [7, 11) is -3.29. The average Bonchev–Trinajstić information content (AvgIpc) is 3.30. The van der Waals surface area contributed by atoms with Gasteiger partial charge in [0.05, 0.1) is 15.8 Å². The first kappa shape index (κ1) is 19.7. The van der Waals surface area contributed by atoms with Crippen LogP contribution in [0.5, 0.6) is 0 Å². The molecule has 0 unspecified atom stereocenters. The van der Waals surface area contributed by atoms with Gasteiger partial charge < -0.3 is 9.88 Å².